The van der Waals surface area contributed by atoms with E-state index in [0.717, 1.165) is 16.9 Å². The van der Waals surface area contributed by atoms with Crippen LogP contribution in [0.2, 0.25) is 0 Å². The number of ether oxygens (including phenoxy) is 2. The highest BCUT2D eigenvalue weighted by Gasteiger charge is 2.30. The topological polar surface area (TPSA) is 73.7 Å². The number of hydrogen-bond donors (Lipinski definition) is 0. The Bertz CT molecular complexity index is 1160. The van der Waals surface area contributed by atoms with Crippen molar-refractivity contribution in [2.24, 2.45) is 5.92 Å². The van der Waals surface area contributed by atoms with Crippen LogP contribution in [0, 0.1) is 5.92 Å². The molecule has 170 valence electrons. The predicted octanol–water partition coefficient (Wildman–Crippen LogP) is 4.03. The van der Waals surface area contributed by atoms with Gasteiger partial charge in [0.25, 0.3) is 0 Å². The highest BCUT2D eigenvalue weighted by atomic mass is 16.5. The molecule has 33 heavy (non-hydrogen) atoms. The fourth-order valence-corrected chi connectivity index (χ4v) is 4.55. The van der Waals surface area contributed by atoms with Gasteiger partial charge in [-0.15, -0.1) is 0 Å². The van der Waals surface area contributed by atoms with Crippen LogP contribution in [0.25, 0.3) is 0 Å². The zero-order valence-electron chi connectivity index (χ0n) is 18.6. The summed E-state index contributed by atoms with van der Waals surface area (Å²) in [5.74, 6) is 0.446. The van der Waals surface area contributed by atoms with Gasteiger partial charge >= 0.3 is 0 Å². The Morgan fingerprint density at radius 1 is 1.12 bits per heavy atom. The van der Waals surface area contributed by atoms with Crippen LogP contribution >= 0.6 is 0 Å². The number of nitrogens with zero attached hydrogens (tertiary/aromatic N) is 3. The molecule has 0 aliphatic carbocycles. The van der Waals surface area contributed by atoms with Crippen LogP contribution in [0.4, 0.5) is 5.69 Å². The Morgan fingerprint density at radius 2 is 1.91 bits per heavy atom. The van der Waals surface area contributed by atoms with Gasteiger partial charge in [0, 0.05) is 13.5 Å². The first-order chi connectivity index (χ1) is 16.1. The Morgan fingerprint density at radius 3 is 2.76 bits per heavy atom. The van der Waals surface area contributed by atoms with Gasteiger partial charge in [-0.05, 0) is 36.6 Å². The van der Waals surface area contributed by atoms with Gasteiger partial charge in [-0.25, -0.2) is 0 Å². The third-order valence-electron chi connectivity index (χ3n) is 6.36. The van der Waals surface area contributed by atoms with Gasteiger partial charge in [-0.1, -0.05) is 42.5 Å². The van der Waals surface area contributed by atoms with E-state index >= 15 is 0 Å². The number of fused-ring (bicyclic) bond motifs is 2. The average molecular weight is 446 g/mol. The van der Waals surface area contributed by atoms with E-state index in [2.05, 4.69) is 5.10 Å². The molecule has 7 heteroatoms. The number of hydrogen-bond acceptors (Lipinski definition) is 5. The van der Waals surface area contributed by atoms with Crippen LogP contribution in [0.15, 0.2) is 60.7 Å². The van der Waals surface area contributed by atoms with Crippen LogP contribution in [0.1, 0.15) is 47.1 Å². The van der Waals surface area contributed by atoms with Gasteiger partial charge < -0.3 is 14.4 Å². The molecule has 1 aromatic heterocycles. The zero-order chi connectivity index (χ0) is 22.8. The lowest BCUT2D eigenvalue weighted by Gasteiger charge is -2.24. The number of carbonyl (C=O) groups excluding carboxylic acids is 2. The summed E-state index contributed by atoms with van der Waals surface area (Å²) in [6, 6.07) is 19.4. The largest absolute Gasteiger partial charge is 0.491 e. The van der Waals surface area contributed by atoms with E-state index in [1.165, 1.54) is 0 Å². The fourth-order valence-electron chi connectivity index (χ4n) is 4.55. The van der Waals surface area contributed by atoms with Crippen molar-refractivity contribution in [3.05, 3.63) is 77.6 Å². The second-order valence-corrected chi connectivity index (χ2v) is 8.53. The number of Topliss-reactive ketones (excluding diaryl/α,β-unsaturated/α-hetero) is 1. The lowest BCUT2D eigenvalue weighted by molar-refractivity contribution is -0.122. The Kier molecular flexibility index (Phi) is 5.96. The van der Waals surface area contributed by atoms with E-state index in [4.69, 9.17) is 9.47 Å². The zero-order valence-corrected chi connectivity index (χ0v) is 18.6. The fraction of sp³-hybridized carbons (Fsp3) is 0.346. The molecule has 3 aromatic rings. The van der Waals surface area contributed by atoms with Crippen molar-refractivity contribution in [1.82, 2.24) is 9.78 Å². The van der Waals surface area contributed by atoms with Crippen molar-refractivity contribution in [3.8, 4) is 5.75 Å². The quantitative estimate of drug-likeness (QED) is 0.536. The number of benzene rings is 2. The minimum Gasteiger partial charge on any atom is -0.491 e. The molecule has 2 aromatic carbocycles. The molecule has 1 amide bonds. The molecule has 0 N–H and O–H groups in total. The molecule has 3 heterocycles. The second kappa shape index (κ2) is 9.19. The summed E-state index contributed by atoms with van der Waals surface area (Å²) in [7, 11) is 1.77. The van der Waals surface area contributed by atoms with Gasteiger partial charge in [-0.2, -0.15) is 5.10 Å². The van der Waals surface area contributed by atoms with Crippen molar-refractivity contribution >= 4 is 17.4 Å². The molecule has 0 saturated heterocycles. The lowest BCUT2D eigenvalue weighted by atomic mass is 9.99. The van der Waals surface area contributed by atoms with E-state index in [1.54, 1.807) is 11.9 Å². The van der Waals surface area contributed by atoms with Gasteiger partial charge in [0.15, 0.2) is 5.78 Å². The third kappa shape index (κ3) is 4.28. The van der Waals surface area contributed by atoms with Crippen LogP contribution in [-0.4, -0.2) is 41.7 Å². The van der Waals surface area contributed by atoms with Gasteiger partial charge in [0.1, 0.15) is 17.5 Å². The van der Waals surface area contributed by atoms with Crippen LogP contribution in [-0.2, 0) is 16.1 Å². The number of rotatable bonds is 6. The molecule has 0 bridgehead atoms. The average Bonchev–Trinajstić information content (AvgIpc) is 3.26. The first-order valence-corrected chi connectivity index (χ1v) is 11.4. The highest BCUT2D eigenvalue weighted by Crippen LogP contribution is 2.33. The summed E-state index contributed by atoms with van der Waals surface area (Å²) < 4.78 is 13.7. The lowest BCUT2D eigenvalue weighted by Crippen LogP contribution is -2.33. The molecule has 2 aliphatic rings. The number of carbonyl (C=O) groups is 2. The van der Waals surface area contributed by atoms with Gasteiger partial charge in [0.05, 0.1) is 37.1 Å². The normalized spacial score (nSPS) is 19.9. The first-order valence-electron chi connectivity index (χ1n) is 11.4. The van der Waals surface area contributed by atoms with E-state index in [0.29, 0.717) is 50.5 Å². The summed E-state index contributed by atoms with van der Waals surface area (Å²) in [5.41, 5.74) is 3.20. The second-order valence-electron chi connectivity index (χ2n) is 8.53. The van der Waals surface area contributed by atoms with Crippen molar-refractivity contribution in [3.63, 3.8) is 0 Å². The molecule has 0 radical (unpaired) electrons. The molecule has 0 fully saturated rings. The minimum atomic E-state index is -0.277. The molecule has 2 aliphatic heterocycles. The van der Waals surface area contributed by atoms with Gasteiger partial charge in [-0.3, -0.25) is 14.3 Å². The molecular formula is C26H27N3O4. The molecule has 1 unspecified atom stereocenters. The minimum absolute atomic E-state index is 0.0117. The molecule has 7 nitrogen and oxygen atoms in total. The van der Waals surface area contributed by atoms with E-state index in [9.17, 15) is 9.59 Å². The molecule has 0 spiro atoms. The molecular weight excluding hydrogens is 418 g/mol. The number of amides is 1. The number of para-hydroxylation sites is 2. The van der Waals surface area contributed by atoms with E-state index in [-0.39, 0.29) is 23.7 Å². The third-order valence-corrected chi connectivity index (χ3v) is 6.36. The monoisotopic (exact) mass is 445 g/mol. The van der Waals surface area contributed by atoms with Crippen LogP contribution in [0.3, 0.4) is 0 Å². The van der Waals surface area contributed by atoms with Crippen molar-refractivity contribution in [1.29, 1.82) is 0 Å². The summed E-state index contributed by atoms with van der Waals surface area (Å²) in [6.07, 6.45) is 1.32. The maximum absolute atomic E-state index is 12.9. The highest BCUT2D eigenvalue weighted by molar-refractivity contribution is 5.97. The Hall–Kier alpha value is -3.45. The molecule has 5 rings (SSSR count). The van der Waals surface area contributed by atoms with Crippen molar-refractivity contribution in [2.75, 3.05) is 25.2 Å². The first kappa shape index (κ1) is 21.4. The van der Waals surface area contributed by atoms with E-state index in [1.807, 2.05) is 65.3 Å². The number of anilines is 1. The summed E-state index contributed by atoms with van der Waals surface area (Å²) in [5, 5.41) is 4.55. The SMILES string of the molecule is CN1C(=O)[C@@H](CCCC(=O)c2cc3n(n2)CCOC3c2ccccc2)COc2ccccc21. The van der Waals surface area contributed by atoms with Crippen molar-refractivity contribution < 1.29 is 19.1 Å². The van der Waals surface area contributed by atoms with Crippen molar-refractivity contribution in [2.45, 2.75) is 31.9 Å². The maximum Gasteiger partial charge on any atom is 0.233 e. The van der Waals surface area contributed by atoms with Crippen LogP contribution < -0.4 is 9.64 Å². The van der Waals surface area contributed by atoms with Gasteiger partial charge in [0.2, 0.25) is 5.91 Å². The number of aromatic nitrogens is 2. The summed E-state index contributed by atoms with van der Waals surface area (Å²) >= 11 is 0. The van der Waals surface area contributed by atoms with E-state index < -0.39 is 0 Å². The summed E-state index contributed by atoms with van der Waals surface area (Å²) in [6.45, 7) is 1.51. The van der Waals surface area contributed by atoms with Crippen LogP contribution in [0.5, 0.6) is 5.75 Å². The Labute approximate surface area is 192 Å². The predicted molar refractivity (Wildman–Crippen MR) is 123 cm³/mol. The standard InChI is InChI=1S/C26H27N3O4/c1-28-21-11-5-6-13-24(21)33-17-19(26(28)31)10-7-12-23(30)20-16-22-25(18-8-3-2-4-9-18)32-15-14-29(22)27-20/h2-6,8-9,11,13,16,19,25H,7,10,12,14-15,17H2,1H3/t19-,25?/m0/s1. The Balaban J connectivity index is 1.22. The number of ketones is 1. The summed E-state index contributed by atoms with van der Waals surface area (Å²) in [4.78, 5) is 27.4. The maximum atomic E-state index is 12.9. The smallest absolute Gasteiger partial charge is 0.233 e. The molecule has 0 saturated carbocycles. The molecule has 2 atom stereocenters.